The number of hydrogen-bond donors (Lipinski definition) is 1. The van der Waals surface area contributed by atoms with Crippen molar-refractivity contribution in [2.24, 2.45) is 5.92 Å². The smallest absolute Gasteiger partial charge is 0.460 e. The average molecular weight is 326 g/mol. The summed E-state index contributed by atoms with van der Waals surface area (Å²) in [5, 5.41) is 11.5. The number of carboxylic acids is 1. The van der Waals surface area contributed by atoms with E-state index < -0.39 is 48.3 Å². The predicted octanol–water partition coefficient (Wildman–Crippen LogP) is 1.10. The Morgan fingerprint density at radius 1 is 1.05 bits per heavy atom. The van der Waals surface area contributed by atoms with Gasteiger partial charge >= 0.3 is 18.0 Å². The molecule has 1 N–H and O–H groups in total. The Bertz CT molecular complexity index is 406. The van der Waals surface area contributed by atoms with Crippen molar-refractivity contribution in [3.05, 3.63) is 0 Å². The van der Waals surface area contributed by atoms with Crippen LogP contribution < -0.4 is 10.4 Å². The van der Waals surface area contributed by atoms with Crippen molar-refractivity contribution < 1.29 is 45.4 Å². The number of rotatable bonds is 6. The number of carbonyl (C=O) groups excluding carboxylic acids is 2. The number of amides is 1. The van der Waals surface area contributed by atoms with Crippen molar-refractivity contribution >= 4 is 11.9 Å². The van der Waals surface area contributed by atoms with Crippen LogP contribution >= 0.6 is 0 Å². The van der Waals surface area contributed by atoms with E-state index in [0.717, 1.165) is 5.32 Å². The summed E-state index contributed by atoms with van der Waals surface area (Å²) >= 11 is 0. The topological polar surface area (TPSA) is 69.2 Å². The lowest BCUT2D eigenvalue weighted by Gasteiger charge is -2.29. The Labute approximate surface area is 114 Å². The highest BCUT2D eigenvalue weighted by atomic mass is 19.4. The van der Waals surface area contributed by atoms with E-state index in [4.69, 9.17) is 0 Å². The molecule has 0 aromatic heterocycles. The molecule has 21 heavy (non-hydrogen) atoms. The molecular formula is C10H11F7NO3-. The molecule has 0 bridgehead atoms. The molecule has 4 nitrogen and oxygen atoms in total. The highest BCUT2D eigenvalue weighted by Gasteiger charge is 2.76. The van der Waals surface area contributed by atoms with E-state index in [2.05, 4.69) is 0 Å². The third kappa shape index (κ3) is 4.21. The molecule has 0 unspecified atom stereocenters. The molecule has 0 spiro atoms. The van der Waals surface area contributed by atoms with Gasteiger partial charge in [-0.1, -0.05) is 13.8 Å². The molecule has 124 valence electrons. The van der Waals surface area contributed by atoms with E-state index in [1.807, 2.05) is 0 Å². The lowest BCUT2D eigenvalue weighted by atomic mass is 10.0. The second kappa shape index (κ2) is 6.06. The van der Waals surface area contributed by atoms with Gasteiger partial charge in [-0.25, -0.2) is 0 Å². The van der Waals surface area contributed by atoms with Crippen LogP contribution in [0.5, 0.6) is 0 Å². The summed E-state index contributed by atoms with van der Waals surface area (Å²) in [6.07, 6.45) is -7.16. The number of halogens is 7. The Balaban J connectivity index is 5.27. The molecule has 0 saturated carbocycles. The summed E-state index contributed by atoms with van der Waals surface area (Å²) < 4.78 is 86.6. The van der Waals surface area contributed by atoms with Gasteiger partial charge in [-0.05, 0) is 12.3 Å². The van der Waals surface area contributed by atoms with Crippen LogP contribution in [-0.2, 0) is 9.59 Å². The summed E-state index contributed by atoms with van der Waals surface area (Å²) in [6, 6.07) is -2.12. The molecule has 11 heteroatoms. The van der Waals surface area contributed by atoms with Crippen molar-refractivity contribution in [2.45, 2.75) is 44.3 Å². The number of carbonyl (C=O) groups is 2. The van der Waals surface area contributed by atoms with Crippen LogP contribution in [0, 0.1) is 5.92 Å². The van der Waals surface area contributed by atoms with Gasteiger partial charge in [0, 0.05) is 0 Å². The second-order valence-electron chi connectivity index (χ2n) is 4.62. The first-order chi connectivity index (χ1) is 9.14. The van der Waals surface area contributed by atoms with E-state index in [1.165, 1.54) is 13.8 Å². The Morgan fingerprint density at radius 3 is 1.76 bits per heavy atom. The standard InChI is InChI=1S/C10H12F7NO3/c1-4(2)3-5(6(19)20)18-7(21)8(11,12)9(13,14)10(15,16)17/h4-5H,3H2,1-2H3,(H,18,21)(H,19,20)/p-1/t5-/m0/s1. The van der Waals surface area contributed by atoms with Crippen LogP contribution in [0.1, 0.15) is 20.3 Å². The molecule has 0 rings (SSSR count). The first kappa shape index (κ1) is 19.4. The quantitative estimate of drug-likeness (QED) is 0.743. The van der Waals surface area contributed by atoms with Crippen LogP contribution in [0.2, 0.25) is 0 Å². The van der Waals surface area contributed by atoms with Crippen LogP contribution in [0.4, 0.5) is 30.7 Å². The maximum absolute atomic E-state index is 13.0. The van der Waals surface area contributed by atoms with Crippen LogP contribution in [-0.4, -0.2) is 35.9 Å². The molecule has 0 aromatic rings. The van der Waals surface area contributed by atoms with Crippen LogP contribution in [0.15, 0.2) is 0 Å². The van der Waals surface area contributed by atoms with Gasteiger partial charge in [0.1, 0.15) is 0 Å². The summed E-state index contributed by atoms with van der Waals surface area (Å²) in [5.41, 5.74) is 0. The van der Waals surface area contributed by atoms with Crippen LogP contribution in [0.3, 0.4) is 0 Å². The van der Waals surface area contributed by atoms with Crippen molar-refractivity contribution in [1.82, 2.24) is 5.32 Å². The van der Waals surface area contributed by atoms with Crippen molar-refractivity contribution in [3.8, 4) is 0 Å². The van der Waals surface area contributed by atoms with Gasteiger partial charge in [-0.3, -0.25) is 4.79 Å². The summed E-state index contributed by atoms with van der Waals surface area (Å²) in [6.45, 7) is 2.81. The zero-order valence-electron chi connectivity index (χ0n) is 10.7. The molecule has 0 fully saturated rings. The maximum Gasteiger partial charge on any atom is 0.460 e. The molecule has 0 aromatic carbocycles. The highest BCUT2D eigenvalue weighted by Crippen LogP contribution is 2.46. The number of alkyl halides is 7. The molecule has 0 aliphatic carbocycles. The van der Waals surface area contributed by atoms with Gasteiger partial charge in [-0.2, -0.15) is 30.7 Å². The molecule has 0 radical (unpaired) electrons. The molecule has 0 aliphatic rings. The molecule has 1 atom stereocenters. The van der Waals surface area contributed by atoms with Crippen molar-refractivity contribution in [2.75, 3.05) is 0 Å². The Hall–Kier alpha value is -1.55. The fourth-order valence-corrected chi connectivity index (χ4v) is 1.25. The first-order valence-corrected chi connectivity index (χ1v) is 5.48. The Morgan fingerprint density at radius 2 is 1.48 bits per heavy atom. The lowest BCUT2D eigenvalue weighted by molar-refractivity contribution is -0.344. The largest absolute Gasteiger partial charge is 0.548 e. The number of hydrogen-bond acceptors (Lipinski definition) is 3. The van der Waals surface area contributed by atoms with Crippen molar-refractivity contribution in [3.63, 3.8) is 0 Å². The average Bonchev–Trinajstić information content (AvgIpc) is 2.25. The monoisotopic (exact) mass is 326 g/mol. The molecule has 0 heterocycles. The minimum Gasteiger partial charge on any atom is -0.548 e. The van der Waals surface area contributed by atoms with E-state index in [0.29, 0.717) is 0 Å². The molecule has 0 saturated heterocycles. The highest BCUT2D eigenvalue weighted by molar-refractivity contribution is 5.88. The fraction of sp³-hybridized carbons (Fsp3) is 0.800. The molecular weight excluding hydrogens is 315 g/mol. The number of carboxylic acid groups (broad SMARTS) is 1. The molecule has 1 amide bonds. The lowest BCUT2D eigenvalue weighted by Crippen LogP contribution is -2.62. The van der Waals surface area contributed by atoms with Gasteiger partial charge in [0.15, 0.2) is 0 Å². The molecule has 0 aliphatic heterocycles. The normalized spacial score (nSPS) is 15.0. The summed E-state index contributed by atoms with van der Waals surface area (Å²) in [5.74, 6) is -18.4. The minimum atomic E-state index is -6.68. The van der Waals surface area contributed by atoms with Gasteiger partial charge in [0.25, 0.3) is 5.91 Å². The number of nitrogens with one attached hydrogen (secondary N) is 1. The van der Waals surface area contributed by atoms with Crippen molar-refractivity contribution in [1.29, 1.82) is 0 Å². The number of aliphatic carboxylic acids is 1. The van der Waals surface area contributed by atoms with E-state index in [-0.39, 0.29) is 0 Å². The third-order valence-corrected chi connectivity index (χ3v) is 2.33. The third-order valence-electron chi connectivity index (χ3n) is 2.33. The van der Waals surface area contributed by atoms with Crippen LogP contribution in [0.25, 0.3) is 0 Å². The van der Waals surface area contributed by atoms with Gasteiger partial charge in [0.05, 0.1) is 12.0 Å². The zero-order chi connectivity index (χ0) is 17.2. The van der Waals surface area contributed by atoms with Gasteiger partial charge < -0.3 is 15.2 Å². The van der Waals surface area contributed by atoms with Gasteiger partial charge in [-0.15, -0.1) is 0 Å². The van der Waals surface area contributed by atoms with E-state index in [9.17, 15) is 45.4 Å². The fourth-order valence-electron chi connectivity index (χ4n) is 1.25. The summed E-state index contributed by atoms with van der Waals surface area (Å²) in [4.78, 5) is 21.5. The second-order valence-corrected chi connectivity index (χ2v) is 4.62. The zero-order valence-corrected chi connectivity index (χ0v) is 10.7. The Kier molecular flexibility index (Phi) is 5.61. The van der Waals surface area contributed by atoms with Gasteiger partial charge in [0.2, 0.25) is 0 Å². The SMILES string of the molecule is CC(C)C[C@H](NC(=O)C(F)(F)C(F)(F)C(F)(F)F)C(=O)[O-]. The summed E-state index contributed by atoms with van der Waals surface area (Å²) in [7, 11) is 0. The van der Waals surface area contributed by atoms with E-state index >= 15 is 0 Å². The predicted molar refractivity (Wildman–Crippen MR) is 52.3 cm³/mol. The van der Waals surface area contributed by atoms with E-state index in [1.54, 1.807) is 0 Å². The minimum absolute atomic E-state index is 0.482. The first-order valence-electron chi connectivity index (χ1n) is 5.48. The maximum atomic E-state index is 13.0.